The fourth-order valence-electron chi connectivity index (χ4n) is 4.96. The number of hydrogen-bond donors (Lipinski definition) is 3. The van der Waals surface area contributed by atoms with Gasteiger partial charge in [0, 0.05) is 30.8 Å². The number of ether oxygens (including phenoxy) is 5. The van der Waals surface area contributed by atoms with Gasteiger partial charge in [-0.25, -0.2) is 5.06 Å². The molecule has 0 unspecified atom stereocenters. The Kier molecular flexibility index (Phi) is 14.6. The quantitative estimate of drug-likeness (QED) is 0.215. The lowest BCUT2D eigenvalue weighted by Gasteiger charge is -2.33. The zero-order valence-corrected chi connectivity index (χ0v) is 29.4. The van der Waals surface area contributed by atoms with E-state index < -0.39 is 41.2 Å². The van der Waals surface area contributed by atoms with E-state index >= 15 is 0 Å². The topological polar surface area (TPSA) is 154 Å². The molecule has 0 saturated carbocycles. The van der Waals surface area contributed by atoms with Gasteiger partial charge >= 0.3 is 0 Å². The van der Waals surface area contributed by atoms with Gasteiger partial charge in [0.1, 0.15) is 47.5 Å². The Labute approximate surface area is 277 Å². The van der Waals surface area contributed by atoms with Crippen LogP contribution in [0.25, 0.3) is 0 Å². The van der Waals surface area contributed by atoms with Crippen LogP contribution >= 0.6 is 0 Å². The van der Waals surface area contributed by atoms with Gasteiger partial charge in [-0.2, -0.15) is 0 Å². The van der Waals surface area contributed by atoms with Crippen molar-refractivity contribution in [3.63, 3.8) is 0 Å². The van der Waals surface area contributed by atoms with E-state index in [9.17, 15) is 19.5 Å². The molecular formula is C34H51N3O10. The molecule has 0 bridgehead atoms. The number of hydrogen-bond acceptors (Lipinski definition) is 10. The Morgan fingerprint density at radius 3 is 1.85 bits per heavy atom. The van der Waals surface area contributed by atoms with Crippen LogP contribution in [-0.2, 0) is 32.4 Å². The average molecular weight is 662 g/mol. The van der Waals surface area contributed by atoms with Gasteiger partial charge in [-0.1, -0.05) is 34.6 Å². The number of likely N-dealkylation sites (N-methyl/N-ethyl adjacent to an activating group) is 1. The van der Waals surface area contributed by atoms with Gasteiger partial charge in [0.05, 0.1) is 53.6 Å². The lowest BCUT2D eigenvalue weighted by Crippen LogP contribution is -2.56. The second kappa shape index (κ2) is 17.6. The summed E-state index contributed by atoms with van der Waals surface area (Å²) >= 11 is 0. The first-order valence-corrected chi connectivity index (χ1v) is 15.3. The Hall–Kier alpha value is -4.23. The van der Waals surface area contributed by atoms with Crippen molar-refractivity contribution in [1.82, 2.24) is 15.7 Å². The van der Waals surface area contributed by atoms with Crippen molar-refractivity contribution in [1.29, 1.82) is 0 Å². The van der Waals surface area contributed by atoms with Gasteiger partial charge in [-0.3, -0.25) is 19.2 Å². The molecule has 0 aliphatic rings. The fourth-order valence-corrected chi connectivity index (χ4v) is 4.96. The van der Waals surface area contributed by atoms with Crippen molar-refractivity contribution in [2.75, 3.05) is 42.6 Å². The molecule has 262 valence electrons. The van der Waals surface area contributed by atoms with Crippen molar-refractivity contribution < 1.29 is 48.0 Å². The number of nitrogens with one attached hydrogen (secondary N) is 2. The number of hydroxylamine groups is 2. The van der Waals surface area contributed by atoms with Gasteiger partial charge < -0.3 is 39.4 Å². The summed E-state index contributed by atoms with van der Waals surface area (Å²) in [7, 11) is 8.93. The molecule has 0 aliphatic heterocycles. The number of aliphatic hydroxyl groups is 1. The third-order valence-electron chi connectivity index (χ3n) is 7.59. The first-order chi connectivity index (χ1) is 22.1. The number of aliphatic hydroxyl groups excluding tert-OH is 1. The molecule has 0 aliphatic carbocycles. The van der Waals surface area contributed by atoms with Crippen LogP contribution in [0.4, 0.5) is 0 Å². The molecule has 13 nitrogen and oxygen atoms in total. The standard InChI is InChI=1S/C34H51N3O10/c1-20(2)14-24(31(39)36-30(32(40)35-6)34(3,4)5)29(38)33(41)37(47-19-21-12-13-22(42-7)15-26(21)44-9)18-25-27(45-10)16-23(43-8)17-28(25)46-11/h12-13,15-17,20,24,29-30,38H,14,18-19H2,1-11H3,(H,35,40)(H,36,39)/t24-,29-,30+/m0/s1. The minimum Gasteiger partial charge on any atom is -0.497 e. The first-order valence-electron chi connectivity index (χ1n) is 15.3. The molecule has 0 saturated heterocycles. The molecule has 3 atom stereocenters. The molecule has 2 aromatic rings. The van der Waals surface area contributed by atoms with Gasteiger partial charge in [-0.05, 0) is 29.9 Å². The maximum atomic E-state index is 14.2. The van der Waals surface area contributed by atoms with E-state index in [1.807, 2.05) is 34.6 Å². The van der Waals surface area contributed by atoms with Crippen molar-refractivity contribution in [2.24, 2.45) is 17.3 Å². The van der Waals surface area contributed by atoms with E-state index in [4.69, 9.17) is 28.5 Å². The van der Waals surface area contributed by atoms with Crippen molar-refractivity contribution >= 4 is 17.7 Å². The van der Waals surface area contributed by atoms with E-state index in [2.05, 4.69) is 10.6 Å². The van der Waals surface area contributed by atoms with Gasteiger partial charge in [0.25, 0.3) is 5.91 Å². The maximum Gasteiger partial charge on any atom is 0.276 e. The molecule has 3 N–H and O–H groups in total. The summed E-state index contributed by atoms with van der Waals surface area (Å²) in [6.07, 6.45) is -1.69. The summed E-state index contributed by atoms with van der Waals surface area (Å²) in [5, 5.41) is 17.9. The second-order valence-corrected chi connectivity index (χ2v) is 12.4. The highest BCUT2D eigenvalue weighted by molar-refractivity contribution is 5.92. The monoisotopic (exact) mass is 661 g/mol. The van der Waals surface area contributed by atoms with Crippen molar-refractivity contribution in [2.45, 2.75) is 66.3 Å². The second-order valence-electron chi connectivity index (χ2n) is 12.4. The third kappa shape index (κ3) is 10.4. The van der Waals surface area contributed by atoms with Crippen LogP contribution in [0, 0.1) is 17.3 Å². The van der Waals surface area contributed by atoms with Crippen LogP contribution in [-0.4, -0.2) is 82.6 Å². The summed E-state index contributed by atoms with van der Waals surface area (Å²) in [6, 6.07) is 7.47. The Balaban J connectivity index is 2.58. The minimum atomic E-state index is -1.84. The third-order valence-corrected chi connectivity index (χ3v) is 7.59. The molecule has 0 heterocycles. The van der Waals surface area contributed by atoms with Crippen LogP contribution in [0.15, 0.2) is 30.3 Å². The number of amides is 3. The molecule has 0 fully saturated rings. The van der Waals surface area contributed by atoms with Crippen molar-refractivity contribution in [3.05, 3.63) is 41.5 Å². The summed E-state index contributed by atoms with van der Waals surface area (Å²) in [5.41, 5.74) is 0.362. The van der Waals surface area contributed by atoms with Gasteiger partial charge in [-0.15, -0.1) is 0 Å². The number of methoxy groups -OCH3 is 5. The largest absolute Gasteiger partial charge is 0.497 e. The SMILES string of the molecule is CNC(=O)[C@@H](NC(=O)[C@@H](CC(C)C)[C@H](O)C(=O)N(Cc1c(OC)cc(OC)cc1OC)OCc1ccc(OC)cc1OC)C(C)(C)C. The minimum absolute atomic E-state index is 0.0824. The zero-order valence-electron chi connectivity index (χ0n) is 29.4. The normalized spacial score (nSPS) is 13.2. The van der Waals surface area contributed by atoms with Crippen LogP contribution < -0.4 is 34.3 Å². The summed E-state index contributed by atoms with van der Waals surface area (Å²) in [6.45, 7) is 8.80. The first kappa shape index (κ1) is 39.0. The number of rotatable bonds is 17. The van der Waals surface area contributed by atoms with E-state index in [0.29, 0.717) is 39.9 Å². The van der Waals surface area contributed by atoms with Crippen LogP contribution in [0.5, 0.6) is 28.7 Å². The number of carbonyl (C=O) groups excluding carboxylic acids is 3. The predicted octanol–water partition coefficient (Wildman–Crippen LogP) is 3.49. The van der Waals surface area contributed by atoms with E-state index in [1.165, 1.54) is 42.6 Å². The molecule has 0 radical (unpaired) electrons. The molecular weight excluding hydrogens is 610 g/mol. The number of benzene rings is 2. The Morgan fingerprint density at radius 2 is 1.38 bits per heavy atom. The smallest absolute Gasteiger partial charge is 0.276 e. The summed E-state index contributed by atoms with van der Waals surface area (Å²) in [4.78, 5) is 46.7. The number of carbonyl (C=O) groups is 3. The van der Waals surface area contributed by atoms with Gasteiger partial charge in [0.2, 0.25) is 11.8 Å². The van der Waals surface area contributed by atoms with E-state index in [1.54, 1.807) is 30.3 Å². The predicted molar refractivity (Wildman–Crippen MR) is 175 cm³/mol. The van der Waals surface area contributed by atoms with Crippen LogP contribution in [0.2, 0.25) is 0 Å². The van der Waals surface area contributed by atoms with Crippen LogP contribution in [0.3, 0.4) is 0 Å². The van der Waals surface area contributed by atoms with E-state index in [0.717, 1.165) is 5.06 Å². The lowest BCUT2D eigenvalue weighted by atomic mass is 9.84. The molecule has 2 rings (SSSR count). The van der Waals surface area contributed by atoms with Crippen LogP contribution in [0.1, 0.15) is 52.2 Å². The average Bonchev–Trinajstić information content (AvgIpc) is 3.05. The highest BCUT2D eigenvalue weighted by Crippen LogP contribution is 2.36. The molecule has 2 aromatic carbocycles. The molecule has 47 heavy (non-hydrogen) atoms. The lowest BCUT2D eigenvalue weighted by molar-refractivity contribution is -0.206. The zero-order chi connectivity index (χ0) is 35.5. The highest BCUT2D eigenvalue weighted by atomic mass is 16.7. The molecule has 13 heteroatoms. The number of nitrogens with zero attached hydrogens (tertiary/aromatic N) is 1. The molecule has 0 aromatic heterocycles. The fraction of sp³-hybridized carbons (Fsp3) is 0.559. The summed E-state index contributed by atoms with van der Waals surface area (Å²) < 4.78 is 27.3. The summed E-state index contributed by atoms with van der Waals surface area (Å²) in [5.74, 6) is -1.05. The molecule has 3 amide bonds. The van der Waals surface area contributed by atoms with Gasteiger partial charge in [0.15, 0.2) is 0 Å². The van der Waals surface area contributed by atoms with Crippen molar-refractivity contribution in [3.8, 4) is 28.7 Å². The highest BCUT2D eigenvalue weighted by Gasteiger charge is 2.40. The van der Waals surface area contributed by atoms with E-state index in [-0.39, 0.29) is 25.5 Å². The molecule has 0 spiro atoms. The Bertz CT molecular complexity index is 1330. The maximum absolute atomic E-state index is 14.2. The Morgan fingerprint density at radius 1 is 0.830 bits per heavy atom.